The molecule has 0 aromatic rings. The third-order valence-electron chi connectivity index (χ3n) is 11.5. The summed E-state index contributed by atoms with van der Waals surface area (Å²) in [5.74, 6) is 0. The van der Waals surface area contributed by atoms with Crippen LogP contribution in [0.3, 0.4) is 0 Å². The van der Waals surface area contributed by atoms with Gasteiger partial charge in [0.2, 0.25) is 0 Å². The summed E-state index contributed by atoms with van der Waals surface area (Å²) in [6.07, 6.45) is 41.5. The zero-order valence-electron chi connectivity index (χ0n) is 34.8. The number of hydrogen-bond acceptors (Lipinski definition) is 0. The fourth-order valence-corrected chi connectivity index (χ4v) is 7.78. The van der Waals surface area contributed by atoms with Crippen molar-refractivity contribution >= 4 is 0 Å². The smallest absolute Gasteiger partial charge is 0.0784 e. The number of quaternary nitrogens is 3. The summed E-state index contributed by atoms with van der Waals surface area (Å²) in [6, 6.07) is 0. The van der Waals surface area contributed by atoms with E-state index in [2.05, 4.69) is 56.0 Å². The largest absolute Gasteiger partial charge is 0.328 e. The van der Waals surface area contributed by atoms with Crippen LogP contribution in [0.15, 0.2) is 0 Å². The van der Waals surface area contributed by atoms with Gasteiger partial charge in [0.1, 0.15) is 0 Å². The summed E-state index contributed by atoms with van der Waals surface area (Å²) in [6.45, 7) is 16.7. The SMILES string of the molecule is CCCCCCCCC[N+](C)(C)CCCCCC[N+](C)(CCCCCCCCC)CCCCCC[N+](C)(C)CCCCCCCCC. The molecule has 0 saturated carbocycles. The van der Waals surface area contributed by atoms with E-state index >= 15 is 0 Å². The quantitative estimate of drug-likeness (QED) is 0.0454. The molecule has 0 aliphatic rings. The van der Waals surface area contributed by atoms with Crippen molar-refractivity contribution in [2.24, 2.45) is 0 Å². The van der Waals surface area contributed by atoms with Crippen molar-refractivity contribution in [3.05, 3.63) is 0 Å². The monoisotopic (exact) mass is 667 g/mol. The molecule has 0 atom stereocenters. The first-order chi connectivity index (χ1) is 22.6. The molecule has 0 aromatic heterocycles. The maximum atomic E-state index is 2.61. The van der Waals surface area contributed by atoms with E-state index in [0.29, 0.717) is 0 Å². The van der Waals surface area contributed by atoms with Gasteiger partial charge in [0.05, 0.1) is 81.1 Å². The van der Waals surface area contributed by atoms with Crippen molar-refractivity contribution in [2.45, 2.75) is 207 Å². The molecule has 0 aliphatic heterocycles. The van der Waals surface area contributed by atoms with Gasteiger partial charge >= 0.3 is 0 Å². The molecule has 0 spiro atoms. The van der Waals surface area contributed by atoms with Gasteiger partial charge in [-0.3, -0.25) is 0 Å². The van der Waals surface area contributed by atoms with Gasteiger partial charge in [-0.15, -0.1) is 0 Å². The molecule has 47 heavy (non-hydrogen) atoms. The average molecular weight is 667 g/mol. The van der Waals surface area contributed by atoms with E-state index in [-0.39, 0.29) is 0 Å². The van der Waals surface area contributed by atoms with Crippen LogP contribution in [0.5, 0.6) is 0 Å². The minimum atomic E-state index is 1.23. The van der Waals surface area contributed by atoms with Crippen LogP contribution in [0.1, 0.15) is 207 Å². The molecule has 284 valence electrons. The van der Waals surface area contributed by atoms with Crippen molar-refractivity contribution in [3.8, 4) is 0 Å². The van der Waals surface area contributed by atoms with Crippen LogP contribution < -0.4 is 0 Å². The lowest BCUT2D eigenvalue weighted by atomic mass is 10.1. The van der Waals surface area contributed by atoms with Crippen LogP contribution >= 0.6 is 0 Å². The van der Waals surface area contributed by atoms with Crippen molar-refractivity contribution < 1.29 is 13.4 Å². The van der Waals surface area contributed by atoms with Crippen LogP contribution in [-0.4, -0.2) is 94.5 Å². The molecule has 0 bridgehead atoms. The standard InChI is InChI=1S/C44H96N3/c1-9-12-15-18-21-24-31-38-45(4,5)40-33-27-29-36-43-47(8,42-35-26-23-20-17-14-11-3)44-37-30-28-34-41-46(6,7)39-32-25-22-19-16-13-10-2/h9-44H2,1-8H3/q+3. The second-order valence-corrected chi connectivity index (χ2v) is 17.7. The summed E-state index contributed by atoms with van der Waals surface area (Å²) in [5, 5.41) is 0. The molecular weight excluding hydrogens is 571 g/mol. The Hall–Kier alpha value is -0.120. The molecule has 3 nitrogen and oxygen atoms in total. The van der Waals surface area contributed by atoms with Gasteiger partial charge in [0, 0.05) is 0 Å². The Morgan fingerprint density at radius 1 is 0.213 bits per heavy atom. The van der Waals surface area contributed by atoms with E-state index in [1.165, 1.54) is 245 Å². The van der Waals surface area contributed by atoms with Gasteiger partial charge in [0.15, 0.2) is 0 Å². The Morgan fingerprint density at radius 3 is 0.596 bits per heavy atom. The maximum Gasteiger partial charge on any atom is 0.0784 e. The Morgan fingerprint density at radius 2 is 0.383 bits per heavy atom. The first kappa shape index (κ1) is 46.9. The van der Waals surface area contributed by atoms with E-state index in [4.69, 9.17) is 0 Å². The molecule has 3 heteroatoms. The van der Waals surface area contributed by atoms with Crippen molar-refractivity contribution in [3.63, 3.8) is 0 Å². The highest BCUT2D eigenvalue weighted by Gasteiger charge is 2.21. The molecule has 0 amide bonds. The lowest BCUT2D eigenvalue weighted by Crippen LogP contribution is -2.46. The topological polar surface area (TPSA) is 0 Å². The van der Waals surface area contributed by atoms with E-state index in [1.54, 1.807) is 0 Å². The molecular formula is C44H96N3+3. The molecule has 0 rings (SSSR count). The van der Waals surface area contributed by atoms with Crippen molar-refractivity contribution in [1.82, 2.24) is 0 Å². The summed E-state index contributed by atoms with van der Waals surface area (Å²) in [4.78, 5) is 0. The molecule has 0 heterocycles. The number of rotatable bonds is 38. The van der Waals surface area contributed by atoms with Crippen molar-refractivity contribution in [2.75, 3.05) is 81.1 Å². The molecule has 0 aromatic carbocycles. The first-order valence-corrected chi connectivity index (χ1v) is 22.1. The predicted octanol–water partition coefficient (Wildman–Crippen LogP) is 13.0. The van der Waals surface area contributed by atoms with Gasteiger partial charge in [-0.2, -0.15) is 0 Å². The van der Waals surface area contributed by atoms with Gasteiger partial charge in [-0.25, -0.2) is 0 Å². The van der Waals surface area contributed by atoms with E-state index in [1.807, 2.05) is 0 Å². The zero-order chi connectivity index (χ0) is 35.0. The minimum absolute atomic E-state index is 1.23. The number of hydrogen-bond donors (Lipinski definition) is 0. The second-order valence-electron chi connectivity index (χ2n) is 17.7. The predicted molar refractivity (Wildman–Crippen MR) is 215 cm³/mol. The van der Waals surface area contributed by atoms with Gasteiger partial charge in [-0.1, -0.05) is 117 Å². The van der Waals surface area contributed by atoms with Crippen LogP contribution in [0.4, 0.5) is 0 Å². The molecule has 0 aliphatic carbocycles. The van der Waals surface area contributed by atoms with Gasteiger partial charge in [-0.05, 0) is 89.9 Å². The number of nitrogens with zero attached hydrogens (tertiary/aromatic N) is 3. The fraction of sp³-hybridized carbons (Fsp3) is 1.00. The average Bonchev–Trinajstić information content (AvgIpc) is 3.03. The zero-order valence-corrected chi connectivity index (χ0v) is 34.8. The summed E-state index contributed by atoms with van der Waals surface area (Å²) in [7, 11) is 12.5. The Bertz CT molecular complexity index is 586. The highest BCUT2D eigenvalue weighted by atomic mass is 15.3. The Kier molecular flexibility index (Phi) is 31.8. The minimum Gasteiger partial charge on any atom is -0.328 e. The summed E-state index contributed by atoms with van der Waals surface area (Å²) >= 11 is 0. The highest BCUT2D eigenvalue weighted by Crippen LogP contribution is 2.17. The normalized spacial score (nSPS) is 12.8. The molecule has 0 N–H and O–H groups in total. The summed E-state index contributed by atoms with van der Waals surface area (Å²) < 4.78 is 3.81. The van der Waals surface area contributed by atoms with Crippen LogP contribution in [0.25, 0.3) is 0 Å². The fourth-order valence-electron chi connectivity index (χ4n) is 7.78. The Balaban J connectivity index is 4.33. The lowest BCUT2D eigenvalue weighted by Gasteiger charge is -2.35. The van der Waals surface area contributed by atoms with Crippen LogP contribution in [0, 0.1) is 0 Å². The van der Waals surface area contributed by atoms with E-state index in [9.17, 15) is 0 Å². The van der Waals surface area contributed by atoms with E-state index in [0.717, 1.165) is 0 Å². The van der Waals surface area contributed by atoms with Crippen LogP contribution in [0.2, 0.25) is 0 Å². The van der Waals surface area contributed by atoms with Gasteiger partial charge in [0.25, 0.3) is 0 Å². The van der Waals surface area contributed by atoms with E-state index < -0.39 is 0 Å². The van der Waals surface area contributed by atoms with Gasteiger partial charge < -0.3 is 13.4 Å². The molecule has 0 radical (unpaired) electrons. The van der Waals surface area contributed by atoms with Crippen molar-refractivity contribution in [1.29, 1.82) is 0 Å². The molecule has 0 fully saturated rings. The molecule has 0 saturated heterocycles. The second kappa shape index (κ2) is 31.8. The lowest BCUT2D eigenvalue weighted by molar-refractivity contribution is -0.910. The third kappa shape index (κ3) is 32.8. The summed E-state index contributed by atoms with van der Waals surface area (Å²) in [5.41, 5.74) is 0. The maximum absolute atomic E-state index is 2.61. The number of unbranched alkanes of at least 4 members (excludes halogenated alkanes) is 24. The Labute approximate surface area is 300 Å². The third-order valence-corrected chi connectivity index (χ3v) is 11.5. The van der Waals surface area contributed by atoms with Crippen LogP contribution in [-0.2, 0) is 0 Å². The first-order valence-electron chi connectivity index (χ1n) is 22.1. The molecule has 0 unspecified atom stereocenters. The highest BCUT2D eigenvalue weighted by molar-refractivity contribution is 4.53.